The van der Waals surface area contributed by atoms with Crippen LogP contribution < -0.4 is 0 Å². The van der Waals surface area contributed by atoms with Gasteiger partial charge in [0.15, 0.2) is 11.3 Å². The molecule has 118 valence electrons. The molecule has 1 amide bonds. The lowest BCUT2D eigenvalue weighted by atomic mass is 10.2. The van der Waals surface area contributed by atoms with Crippen molar-refractivity contribution in [2.75, 3.05) is 19.7 Å². The van der Waals surface area contributed by atoms with Crippen molar-refractivity contribution in [3.63, 3.8) is 0 Å². The summed E-state index contributed by atoms with van der Waals surface area (Å²) in [4.78, 5) is 29.5. The van der Waals surface area contributed by atoms with Gasteiger partial charge in [0.05, 0.1) is 13.2 Å². The topological polar surface area (TPSA) is 93.2 Å². The number of fused-ring (bicyclic) bond motifs is 1. The van der Waals surface area contributed by atoms with Gasteiger partial charge in [0.25, 0.3) is 0 Å². The largest absolute Gasteiger partial charge is 0.444 e. The molecule has 0 aromatic carbocycles. The molecule has 0 unspecified atom stereocenters. The average molecular weight is 305 g/mol. The van der Waals surface area contributed by atoms with Crippen molar-refractivity contribution in [2.24, 2.45) is 0 Å². The van der Waals surface area contributed by atoms with Crippen molar-refractivity contribution in [3.8, 4) is 0 Å². The first kappa shape index (κ1) is 14.7. The molecule has 2 aromatic rings. The second-order valence-corrected chi connectivity index (χ2v) is 6.14. The highest BCUT2D eigenvalue weighted by Crippen LogP contribution is 2.22. The van der Waals surface area contributed by atoms with E-state index in [2.05, 4.69) is 19.9 Å². The fraction of sp³-hybridized carbons (Fsp3) is 0.571. The summed E-state index contributed by atoms with van der Waals surface area (Å²) in [5, 5.41) is 0. The predicted octanol–water partition coefficient (Wildman–Crippen LogP) is 1.66. The van der Waals surface area contributed by atoms with Crippen LogP contribution in [0.25, 0.3) is 11.3 Å². The molecule has 1 atom stereocenters. The highest BCUT2D eigenvalue weighted by atomic mass is 16.6. The van der Waals surface area contributed by atoms with Crippen molar-refractivity contribution in [3.05, 3.63) is 18.2 Å². The van der Waals surface area contributed by atoms with Gasteiger partial charge in [0.2, 0.25) is 0 Å². The molecule has 1 saturated heterocycles. The van der Waals surface area contributed by atoms with E-state index in [0.29, 0.717) is 36.8 Å². The first-order valence-electron chi connectivity index (χ1n) is 7.18. The molecular formula is C14H19N5O3. The molecular weight excluding hydrogens is 286 g/mol. The SMILES string of the molecule is CC(C)(C)OC(=O)N1CCO[C@H](c2nc3nccnc3[nH]2)C1. The molecule has 1 aliphatic rings. The number of aromatic amines is 1. The number of ether oxygens (including phenoxy) is 2. The van der Waals surface area contributed by atoms with Crippen molar-refractivity contribution >= 4 is 17.4 Å². The zero-order chi connectivity index (χ0) is 15.7. The first-order chi connectivity index (χ1) is 10.4. The second-order valence-electron chi connectivity index (χ2n) is 6.14. The van der Waals surface area contributed by atoms with E-state index < -0.39 is 5.60 Å². The summed E-state index contributed by atoms with van der Waals surface area (Å²) in [5.74, 6) is 0.620. The average Bonchev–Trinajstić information content (AvgIpc) is 2.89. The lowest BCUT2D eigenvalue weighted by molar-refractivity contribution is -0.0459. The third kappa shape index (κ3) is 3.16. The molecule has 8 heteroatoms. The van der Waals surface area contributed by atoms with Gasteiger partial charge in [-0.2, -0.15) is 0 Å². The van der Waals surface area contributed by atoms with E-state index in [9.17, 15) is 4.79 Å². The van der Waals surface area contributed by atoms with Crippen molar-refractivity contribution in [1.82, 2.24) is 24.8 Å². The molecule has 0 spiro atoms. The molecule has 0 radical (unpaired) electrons. The van der Waals surface area contributed by atoms with E-state index in [1.165, 1.54) is 0 Å². The van der Waals surface area contributed by atoms with Gasteiger partial charge < -0.3 is 19.4 Å². The molecule has 0 bridgehead atoms. The van der Waals surface area contributed by atoms with E-state index in [1.54, 1.807) is 17.3 Å². The van der Waals surface area contributed by atoms with Crippen molar-refractivity contribution in [1.29, 1.82) is 0 Å². The maximum absolute atomic E-state index is 12.2. The van der Waals surface area contributed by atoms with Gasteiger partial charge in [0.1, 0.15) is 17.5 Å². The summed E-state index contributed by atoms with van der Waals surface area (Å²) in [6, 6.07) is 0. The number of amides is 1. The lowest BCUT2D eigenvalue weighted by Crippen LogP contribution is -2.44. The molecule has 1 fully saturated rings. The van der Waals surface area contributed by atoms with Crippen LogP contribution in [-0.4, -0.2) is 56.2 Å². The standard InChI is InChI=1S/C14H19N5O3/c1-14(2,3)22-13(20)19-6-7-21-9(8-19)10-17-11-12(18-10)16-5-4-15-11/h4-5,9H,6-8H2,1-3H3,(H,15,16,17,18)/t9-/m0/s1. The smallest absolute Gasteiger partial charge is 0.410 e. The number of aromatic nitrogens is 4. The van der Waals surface area contributed by atoms with E-state index in [4.69, 9.17) is 9.47 Å². The van der Waals surface area contributed by atoms with Crippen molar-refractivity contribution < 1.29 is 14.3 Å². The molecule has 3 heterocycles. The van der Waals surface area contributed by atoms with Gasteiger partial charge in [0, 0.05) is 18.9 Å². The van der Waals surface area contributed by atoms with Crippen LogP contribution in [0.1, 0.15) is 32.7 Å². The van der Waals surface area contributed by atoms with E-state index >= 15 is 0 Å². The fourth-order valence-corrected chi connectivity index (χ4v) is 2.22. The number of hydrogen-bond donors (Lipinski definition) is 1. The van der Waals surface area contributed by atoms with Crippen LogP contribution in [0, 0.1) is 0 Å². The number of nitrogens with one attached hydrogen (secondary N) is 1. The number of hydrogen-bond acceptors (Lipinski definition) is 6. The molecule has 0 aliphatic carbocycles. The zero-order valence-corrected chi connectivity index (χ0v) is 12.9. The minimum atomic E-state index is -0.516. The number of nitrogens with zero attached hydrogens (tertiary/aromatic N) is 4. The summed E-state index contributed by atoms with van der Waals surface area (Å²) in [5.41, 5.74) is 0.629. The Bertz CT molecular complexity index is 645. The predicted molar refractivity (Wildman–Crippen MR) is 78.2 cm³/mol. The molecule has 22 heavy (non-hydrogen) atoms. The first-order valence-corrected chi connectivity index (χ1v) is 7.18. The van der Waals surface area contributed by atoms with E-state index in [1.807, 2.05) is 20.8 Å². The third-order valence-corrected chi connectivity index (χ3v) is 3.17. The summed E-state index contributed by atoms with van der Waals surface area (Å²) in [7, 11) is 0. The Balaban J connectivity index is 1.74. The van der Waals surface area contributed by atoms with Gasteiger partial charge in [-0.05, 0) is 20.8 Å². The van der Waals surface area contributed by atoms with Gasteiger partial charge in [-0.3, -0.25) is 0 Å². The van der Waals surface area contributed by atoms with Gasteiger partial charge in [-0.15, -0.1) is 0 Å². The molecule has 3 rings (SSSR count). The lowest BCUT2D eigenvalue weighted by Gasteiger charge is -2.33. The second kappa shape index (κ2) is 5.53. The quantitative estimate of drug-likeness (QED) is 0.861. The maximum Gasteiger partial charge on any atom is 0.410 e. The number of carbonyl (C=O) groups is 1. The minimum Gasteiger partial charge on any atom is -0.444 e. The zero-order valence-electron chi connectivity index (χ0n) is 12.9. The van der Waals surface area contributed by atoms with Gasteiger partial charge in [-0.25, -0.2) is 19.7 Å². The Morgan fingerprint density at radius 1 is 1.41 bits per heavy atom. The van der Waals surface area contributed by atoms with Crippen LogP contribution in [0.3, 0.4) is 0 Å². The molecule has 2 aromatic heterocycles. The highest BCUT2D eigenvalue weighted by Gasteiger charge is 2.30. The number of imidazole rings is 1. The number of H-pyrrole nitrogens is 1. The molecule has 0 saturated carbocycles. The normalized spacial score (nSPS) is 19.4. The summed E-state index contributed by atoms with van der Waals surface area (Å²) < 4.78 is 11.1. The van der Waals surface area contributed by atoms with Gasteiger partial charge >= 0.3 is 6.09 Å². The number of carbonyl (C=O) groups excluding carboxylic acids is 1. The van der Waals surface area contributed by atoms with E-state index in [0.717, 1.165) is 0 Å². The van der Waals surface area contributed by atoms with Crippen molar-refractivity contribution in [2.45, 2.75) is 32.5 Å². The van der Waals surface area contributed by atoms with Crippen LogP contribution in [-0.2, 0) is 9.47 Å². The summed E-state index contributed by atoms with van der Waals surface area (Å²) in [6.07, 6.45) is 2.51. The Morgan fingerprint density at radius 3 is 2.91 bits per heavy atom. The van der Waals surface area contributed by atoms with E-state index in [-0.39, 0.29) is 12.2 Å². The Morgan fingerprint density at radius 2 is 2.18 bits per heavy atom. The van der Waals surface area contributed by atoms with Crippen LogP contribution in [0.15, 0.2) is 12.4 Å². The monoisotopic (exact) mass is 305 g/mol. The van der Waals surface area contributed by atoms with Crippen LogP contribution >= 0.6 is 0 Å². The maximum atomic E-state index is 12.2. The van der Waals surface area contributed by atoms with Crippen LogP contribution in [0.5, 0.6) is 0 Å². The van der Waals surface area contributed by atoms with Crippen LogP contribution in [0.4, 0.5) is 4.79 Å². The Hall–Kier alpha value is -2.22. The fourth-order valence-electron chi connectivity index (χ4n) is 2.22. The third-order valence-electron chi connectivity index (χ3n) is 3.17. The number of morpholine rings is 1. The van der Waals surface area contributed by atoms with Crippen LogP contribution in [0.2, 0.25) is 0 Å². The minimum absolute atomic E-state index is 0.336. The molecule has 8 nitrogen and oxygen atoms in total. The summed E-state index contributed by atoms with van der Waals surface area (Å²) >= 11 is 0. The van der Waals surface area contributed by atoms with Gasteiger partial charge in [-0.1, -0.05) is 0 Å². The highest BCUT2D eigenvalue weighted by molar-refractivity contribution is 5.68. The Kier molecular flexibility index (Phi) is 3.69. The number of rotatable bonds is 1. The summed E-state index contributed by atoms with van der Waals surface area (Å²) in [6.45, 7) is 6.86. The molecule has 1 aliphatic heterocycles. The molecule has 1 N–H and O–H groups in total. The Labute approximate surface area is 127 Å².